The molecule has 1 saturated heterocycles. The lowest BCUT2D eigenvalue weighted by molar-refractivity contribution is -0.133. The number of likely N-dealkylation sites (N-methyl/N-ethyl adjacent to an activating group) is 1. The number of halogens is 1. The van der Waals surface area contributed by atoms with E-state index in [1.165, 1.54) is 0 Å². The Morgan fingerprint density at radius 3 is 2.56 bits per heavy atom. The molecule has 0 aromatic carbocycles. The molecule has 2 atom stereocenters. The molecule has 0 saturated carbocycles. The van der Waals surface area contributed by atoms with Gasteiger partial charge in [-0.15, -0.1) is 12.4 Å². The van der Waals surface area contributed by atoms with Gasteiger partial charge in [0.25, 0.3) is 0 Å². The van der Waals surface area contributed by atoms with E-state index in [-0.39, 0.29) is 30.5 Å². The van der Waals surface area contributed by atoms with Gasteiger partial charge in [-0.25, -0.2) is 0 Å². The van der Waals surface area contributed by atoms with Gasteiger partial charge in [-0.2, -0.15) is 0 Å². The van der Waals surface area contributed by atoms with Crippen LogP contribution in [0.25, 0.3) is 0 Å². The zero-order chi connectivity index (χ0) is 11.4. The summed E-state index contributed by atoms with van der Waals surface area (Å²) >= 11 is 0. The number of aliphatic hydroxyl groups is 1. The Hall–Kier alpha value is -0.320. The van der Waals surface area contributed by atoms with Crippen molar-refractivity contribution < 1.29 is 9.90 Å². The zero-order valence-corrected chi connectivity index (χ0v) is 11.1. The Morgan fingerprint density at radius 2 is 2.19 bits per heavy atom. The molecule has 0 radical (unpaired) electrons. The van der Waals surface area contributed by atoms with Crippen LogP contribution < -0.4 is 5.32 Å². The van der Waals surface area contributed by atoms with Crippen LogP contribution in [-0.2, 0) is 4.79 Å². The maximum absolute atomic E-state index is 12.0. The normalized spacial score (nSPS) is 24.3. The summed E-state index contributed by atoms with van der Waals surface area (Å²) in [6, 6.07) is -0.182. The van der Waals surface area contributed by atoms with E-state index in [1.807, 2.05) is 11.8 Å². The first-order chi connectivity index (χ1) is 7.04. The van der Waals surface area contributed by atoms with Gasteiger partial charge < -0.3 is 15.3 Å². The summed E-state index contributed by atoms with van der Waals surface area (Å²) in [5.41, 5.74) is 0. The first-order valence-electron chi connectivity index (χ1n) is 5.74. The summed E-state index contributed by atoms with van der Waals surface area (Å²) in [7, 11) is 0. The molecule has 0 bridgehead atoms. The number of hydrogen-bond donors (Lipinski definition) is 2. The second-order valence-electron chi connectivity index (χ2n) is 4.62. The Bertz CT molecular complexity index is 224. The van der Waals surface area contributed by atoms with Crippen LogP contribution in [0.2, 0.25) is 0 Å². The number of rotatable bonds is 4. The van der Waals surface area contributed by atoms with Gasteiger partial charge in [0, 0.05) is 19.6 Å². The minimum Gasteiger partial charge on any atom is -0.392 e. The zero-order valence-electron chi connectivity index (χ0n) is 10.3. The van der Waals surface area contributed by atoms with Crippen molar-refractivity contribution in [3.05, 3.63) is 0 Å². The van der Waals surface area contributed by atoms with Gasteiger partial charge in [0.15, 0.2) is 0 Å². The van der Waals surface area contributed by atoms with Crippen LogP contribution in [0.5, 0.6) is 0 Å². The molecule has 1 aliphatic rings. The molecule has 0 spiro atoms. The summed E-state index contributed by atoms with van der Waals surface area (Å²) < 4.78 is 0. The molecular weight excluding hydrogens is 228 g/mol. The fourth-order valence-electron chi connectivity index (χ4n) is 1.94. The Balaban J connectivity index is 0.00000225. The number of aliphatic hydroxyl groups excluding tert-OH is 1. The van der Waals surface area contributed by atoms with E-state index >= 15 is 0 Å². The molecule has 4 nitrogen and oxygen atoms in total. The van der Waals surface area contributed by atoms with Crippen LogP contribution in [-0.4, -0.2) is 47.7 Å². The predicted molar refractivity (Wildman–Crippen MR) is 66.8 cm³/mol. The summed E-state index contributed by atoms with van der Waals surface area (Å²) in [5, 5.41) is 12.4. The van der Waals surface area contributed by atoms with Gasteiger partial charge in [-0.3, -0.25) is 4.79 Å². The lowest BCUT2D eigenvalue weighted by Crippen LogP contribution is -2.44. The third-order valence-electron chi connectivity index (χ3n) is 2.68. The number of nitrogens with zero attached hydrogens (tertiary/aromatic N) is 1. The monoisotopic (exact) mass is 250 g/mol. The molecule has 0 aromatic rings. The highest BCUT2D eigenvalue weighted by molar-refractivity contribution is 5.85. The van der Waals surface area contributed by atoms with Crippen LogP contribution in [0.15, 0.2) is 0 Å². The smallest absolute Gasteiger partial charge is 0.239 e. The standard InChI is InChI=1S/C11H22N2O2.ClH/c1-4-13(7-8(2)3)11(15)10-5-9(14)6-12-10;/h8-10,12,14H,4-7H2,1-3H3;1H. The van der Waals surface area contributed by atoms with Crippen molar-refractivity contribution in [1.29, 1.82) is 0 Å². The van der Waals surface area contributed by atoms with E-state index in [4.69, 9.17) is 0 Å². The van der Waals surface area contributed by atoms with Crippen LogP contribution in [0.3, 0.4) is 0 Å². The Kier molecular flexibility index (Phi) is 6.95. The third kappa shape index (κ3) is 4.28. The summed E-state index contributed by atoms with van der Waals surface area (Å²) in [6.45, 7) is 8.27. The summed E-state index contributed by atoms with van der Waals surface area (Å²) in [6.07, 6.45) is 0.185. The number of carbonyl (C=O) groups is 1. The van der Waals surface area contributed by atoms with Gasteiger partial charge in [0.1, 0.15) is 0 Å². The number of carbonyl (C=O) groups excluding carboxylic acids is 1. The fraction of sp³-hybridized carbons (Fsp3) is 0.909. The molecule has 1 heterocycles. The minimum absolute atomic E-state index is 0. The molecule has 2 unspecified atom stereocenters. The molecule has 16 heavy (non-hydrogen) atoms. The van der Waals surface area contributed by atoms with Crippen molar-refractivity contribution >= 4 is 18.3 Å². The summed E-state index contributed by atoms with van der Waals surface area (Å²) in [4.78, 5) is 13.9. The molecule has 1 rings (SSSR count). The number of nitrogens with one attached hydrogen (secondary N) is 1. The molecule has 96 valence electrons. The molecule has 1 amide bonds. The molecule has 5 heteroatoms. The SMILES string of the molecule is CCN(CC(C)C)C(=O)C1CC(O)CN1.Cl. The first kappa shape index (κ1) is 15.7. The number of β-amino-alcohol motifs (C(OH)–C–C–N with tert-alkyl or cyclic N) is 1. The van der Waals surface area contributed by atoms with Crippen molar-refractivity contribution in [3.63, 3.8) is 0 Å². The molecule has 0 aromatic heterocycles. The van der Waals surface area contributed by atoms with Crippen LogP contribution >= 0.6 is 12.4 Å². The maximum Gasteiger partial charge on any atom is 0.239 e. The molecular formula is C11H23ClN2O2. The number of hydrogen-bond acceptors (Lipinski definition) is 3. The number of amides is 1. The fourth-order valence-corrected chi connectivity index (χ4v) is 1.94. The van der Waals surface area contributed by atoms with E-state index in [0.29, 0.717) is 18.9 Å². The molecule has 0 aliphatic carbocycles. The van der Waals surface area contributed by atoms with Crippen molar-refractivity contribution in [2.75, 3.05) is 19.6 Å². The van der Waals surface area contributed by atoms with Crippen LogP contribution in [0.1, 0.15) is 27.2 Å². The quantitative estimate of drug-likeness (QED) is 0.770. The van der Waals surface area contributed by atoms with Gasteiger partial charge in [0.05, 0.1) is 12.1 Å². The van der Waals surface area contributed by atoms with Crippen molar-refractivity contribution in [3.8, 4) is 0 Å². The molecule has 1 aliphatic heterocycles. The first-order valence-corrected chi connectivity index (χ1v) is 5.74. The van der Waals surface area contributed by atoms with Gasteiger partial charge in [-0.05, 0) is 19.3 Å². The van der Waals surface area contributed by atoms with E-state index in [2.05, 4.69) is 19.2 Å². The Labute approximate surface area is 104 Å². The van der Waals surface area contributed by atoms with E-state index in [9.17, 15) is 9.90 Å². The lowest BCUT2D eigenvalue weighted by Gasteiger charge is -2.25. The van der Waals surface area contributed by atoms with Crippen molar-refractivity contribution in [2.45, 2.75) is 39.3 Å². The maximum atomic E-state index is 12.0. The third-order valence-corrected chi connectivity index (χ3v) is 2.68. The van der Waals surface area contributed by atoms with E-state index in [0.717, 1.165) is 13.1 Å². The Morgan fingerprint density at radius 1 is 1.56 bits per heavy atom. The van der Waals surface area contributed by atoms with Gasteiger partial charge in [-0.1, -0.05) is 13.8 Å². The topological polar surface area (TPSA) is 52.6 Å². The predicted octanol–water partition coefficient (Wildman–Crippen LogP) is 0.635. The summed E-state index contributed by atoms with van der Waals surface area (Å²) in [5.74, 6) is 0.614. The van der Waals surface area contributed by atoms with Crippen LogP contribution in [0, 0.1) is 5.92 Å². The van der Waals surface area contributed by atoms with Crippen molar-refractivity contribution in [1.82, 2.24) is 10.2 Å². The minimum atomic E-state index is -0.364. The van der Waals surface area contributed by atoms with E-state index < -0.39 is 0 Å². The average Bonchev–Trinajstić information content (AvgIpc) is 2.60. The van der Waals surface area contributed by atoms with Crippen molar-refractivity contribution in [2.24, 2.45) is 5.92 Å². The van der Waals surface area contributed by atoms with Gasteiger partial charge in [0.2, 0.25) is 5.91 Å². The van der Waals surface area contributed by atoms with E-state index in [1.54, 1.807) is 0 Å². The highest BCUT2D eigenvalue weighted by atomic mass is 35.5. The highest BCUT2D eigenvalue weighted by Crippen LogP contribution is 2.10. The van der Waals surface area contributed by atoms with Gasteiger partial charge >= 0.3 is 0 Å². The molecule has 2 N–H and O–H groups in total. The van der Waals surface area contributed by atoms with Crippen LogP contribution in [0.4, 0.5) is 0 Å². The average molecular weight is 251 g/mol. The lowest BCUT2D eigenvalue weighted by atomic mass is 10.1. The second kappa shape index (κ2) is 7.09. The molecule has 1 fully saturated rings. The second-order valence-corrected chi connectivity index (χ2v) is 4.62. The highest BCUT2D eigenvalue weighted by Gasteiger charge is 2.30. The largest absolute Gasteiger partial charge is 0.392 e.